The number of nitrogens with one attached hydrogen (secondary N) is 2. The van der Waals surface area contributed by atoms with Crippen molar-refractivity contribution in [2.75, 3.05) is 31.1 Å². The normalized spacial score (nSPS) is 18.8. The second-order valence-corrected chi connectivity index (χ2v) is 5.49. The van der Waals surface area contributed by atoms with E-state index in [1.54, 1.807) is 23.4 Å². The van der Waals surface area contributed by atoms with Crippen LogP contribution in [0.4, 0.5) is 5.95 Å². The molecular formula is C14H18N6O3. The minimum Gasteiger partial charge on any atom is -0.339 e. The minimum absolute atomic E-state index is 0.0360. The number of nitrogens with zero attached hydrogens (tertiary/aromatic N) is 4. The summed E-state index contributed by atoms with van der Waals surface area (Å²) in [5.41, 5.74) is 4.53. The van der Waals surface area contributed by atoms with Crippen molar-refractivity contribution in [3.63, 3.8) is 0 Å². The van der Waals surface area contributed by atoms with Gasteiger partial charge in [-0.15, -0.1) is 0 Å². The van der Waals surface area contributed by atoms with Crippen molar-refractivity contribution in [1.82, 2.24) is 25.7 Å². The third kappa shape index (κ3) is 3.38. The van der Waals surface area contributed by atoms with Crippen molar-refractivity contribution in [3.8, 4) is 0 Å². The lowest BCUT2D eigenvalue weighted by Gasteiger charge is -2.34. The Kier molecular flexibility index (Phi) is 4.35. The Morgan fingerprint density at radius 2 is 1.70 bits per heavy atom. The smallest absolute Gasteiger partial charge is 0.251 e. The molecule has 2 saturated heterocycles. The summed E-state index contributed by atoms with van der Waals surface area (Å²) in [4.78, 5) is 47.3. The summed E-state index contributed by atoms with van der Waals surface area (Å²) < 4.78 is 0. The van der Waals surface area contributed by atoms with Gasteiger partial charge >= 0.3 is 0 Å². The summed E-state index contributed by atoms with van der Waals surface area (Å²) in [6.45, 7) is 2.50. The van der Waals surface area contributed by atoms with Gasteiger partial charge in [0.25, 0.3) is 11.8 Å². The highest BCUT2D eigenvalue weighted by Crippen LogP contribution is 2.14. The van der Waals surface area contributed by atoms with Crippen molar-refractivity contribution >= 4 is 23.7 Å². The Morgan fingerprint density at radius 3 is 2.30 bits per heavy atom. The SMILES string of the molecule is O=C1NNC(=O)C1CCC(=O)N1CCN(c2ncccn2)CC1. The molecule has 1 aromatic heterocycles. The third-order valence-corrected chi connectivity index (χ3v) is 4.06. The van der Waals surface area contributed by atoms with Crippen LogP contribution in [0, 0.1) is 5.92 Å². The van der Waals surface area contributed by atoms with E-state index in [1.165, 1.54) is 0 Å². The van der Waals surface area contributed by atoms with Crippen LogP contribution in [0.5, 0.6) is 0 Å². The van der Waals surface area contributed by atoms with Crippen LogP contribution in [-0.4, -0.2) is 58.8 Å². The van der Waals surface area contributed by atoms with Gasteiger partial charge in [0.2, 0.25) is 11.9 Å². The summed E-state index contributed by atoms with van der Waals surface area (Å²) in [6.07, 6.45) is 3.81. The molecule has 23 heavy (non-hydrogen) atoms. The van der Waals surface area contributed by atoms with Gasteiger partial charge < -0.3 is 9.80 Å². The highest BCUT2D eigenvalue weighted by Gasteiger charge is 2.33. The number of hydrazine groups is 1. The van der Waals surface area contributed by atoms with Gasteiger partial charge in [-0.05, 0) is 12.5 Å². The molecule has 3 rings (SSSR count). The second kappa shape index (κ2) is 6.59. The summed E-state index contributed by atoms with van der Waals surface area (Å²) in [6, 6.07) is 1.76. The van der Waals surface area contributed by atoms with Gasteiger partial charge in [-0.2, -0.15) is 0 Å². The molecule has 2 aliphatic rings. The predicted molar refractivity (Wildman–Crippen MR) is 79.8 cm³/mol. The third-order valence-electron chi connectivity index (χ3n) is 4.06. The molecule has 0 bridgehead atoms. The van der Waals surface area contributed by atoms with Gasteiger partial charge in [0.1, 0.15) is 5.92 Å². The van der Waals surface area contributed by atoms with Gasteiger partial charge in [-0.1, -0.05) is 0 Å². The van der Waals surface area contributed by atoms with Crippen LogP contribution in [0.3, 0.4) is 0 Å². The molecule has 0 spiro atoms. The van der Waals surface area contributed by atoms with E-state index in [2.05, 4.69) is 20.8 Å². The molecule has 3 amide bonds. The topological polar surface area (TPSA) is 108 Å². The number of piperazine rings is 1. The molecule has 9 heteroatoms. The van der Waals surface area contributed by atoms with E-state index < -0.39 is 5.92 Å². The highest BCUT2D eigenvalue weighted by molar-refractivity contribution is 6.05. The van der Waals surface area contributed by atoms with E-state index >= 15 is 0 Å². The zero-order valence-electron chi connectivity index (χ0n) is 12.6. The van der Waals surface area contributed by atoms with Crippen LogP contribution in [-0.2, 0) is 14.4 Å². The molecule has 3 heterocycles. The van der Waals surface area contributed by atoms with E-state index in [9.17, 15) is 14.4 Å². The van der Waals surface area contributed by atoms with E-state index in [-0.39, 0.29) is 30.6 Å². The van der Waals surface area contributed by atoms with Gasteiger partial charge in [-0.25, -0.2) is 9.97 Å². The van der Waals surface area contributed by atoms with E-state index in [0.717, 1.165) is 0 Å². The first-order valence-corrected chi connectivity index (χ1v) is 7.54. The molecular weight excluding hydrogens is 300 g/mol. The van der Waals surface area contributed by atoms with E-state index in [1.807, 2.05) is 4.90 Å². The first-order valence-electron chi connectivity index (χ1n) is 7.54. The fourth-order valence-corrected chi connectivity index (χ4v) is 2.71. The van der Waals surface area contributed by atoms with Crippen LogP contribution in [0.1, 0.15) is 12.8 Å². The Labute approximate surface area is 133 Å². The van der Waals surface area contributed by atoms with E-state index in [0.29, 0.717) is 32.1 Å². The van der Waals surface area contributed by atoms with Crippen LogP contribution < -0.4 is 15.8 Å². The molecule has 2 aliphatic heterocycles. The quantitative estimate of drug-likeness (QED) is 0.667. The average molecular weight is 318 g/mol. The van der Waals surface area contributed by atoms with Crippen molar-refractivity contribution in [3.05, 3.63) is 18.5 Å². The number of rotatable bonds is 4. The van der Waals surface area contributed by atoms with E-state index in [4.69, 9.17) is 0 Å². The lowest BCUT2D eigenvalue weighted by Crippen LogP contribution is -2.49. The van der Waals surface area contributed by atoms with Gasteiger partial charge in [0.05, 0.1) is 0 Å². The number of hydrogen-bond acceptors (Lipinski definition) is 6. The maximum Gasteiger partial charge on any atom is 0.251 e. The molecule has 0 atom stereocenters. The molecule has 2 fully saturated rings. The van der Waals surface area contributed by atoms with Crippen molar-refractivity contribution in [2.45, 2.75) is 12.8 Å². The Bertz CT molecular complexity index is 584. The van der Waals surface area contributed by atoms with Crippen LogP contribution in [0.15, 0.2) is 18.5 Å². The molecule has 0 radical (unpaired) electrons. The second-order valence-electron chi connectivity index (χ2n) is 5.49. The zero-order chi connectivity index (χ0) is 16.2. The maximum atomic E-state index is 12.2. The number of carbonyl (C=O) groups excluding carboxylic acids is 3. The summed E-state index contributed by atoms with van der Waals surface area (Å²) in [7, 11) is 0. The average Bonchev–Trinajstić information content (AvgIpc) is 2.92. The van der Waals surface area contributed by atoms with Crippen molar-refractivity contribution in [2.24, 2.45) is 5.92 Å². The Balaban J connectivity index is 1.47. The zero-order valence-corrected chi connectivity index (χ0v) is 12.6. The fourth-order valence-electron chi connectivity index (χ4n) is 2.71. The van der Waals surface area contributed by atoms with Gasteiger partial charge in [0, 0.05) is 45.0 Å². The van der Waals surface area contributed by atoms with Gasteiger partial charge in [0.15, 0.2) is 0 Å². The number of aromatic nitrogens is 2. The molecule has 0 aromatic carbocycles. The molecule has 2 N–H and O–H groups in total. The molecule has 0 saturated carbocycles. The first-order chi connectivity index (χ1) is 11.1. The molecule has 0 unspecified atom stereocenters. The summed E-state index contributed by atoms with van der Waals surface area (Å²) in [5, 5.41) is 0. The molecule has 0 aliphatic carbocycles. The Hall–Kier alpha value is -2.71. The largest absolute Gasteiger partial charge is 0.339 e. The summed E-state index contributed by atoms with van der Waals surface area (Å²) >= 11 is 0. The maximum absolute atomic E-state index is 12.2. The lowest BCUT2D eigenvalue weighted by atomic mass is 10.0. The molecule has 1 aromatic rings. The standard InChI is InChI=1S/C14H18N6O3/c21-11(3-2-10-12(22)17-18-13(10)23)19-6-8-20(9-7-19)14-15-4-1-5-16-14/h1,4-5,10H,2-3,6-9H2,(H,17,22)(H,18,23). The Morgan fingerprint density at radius 1 is 1.09 bits per heavy atom. The minimum atomic E-state index is -0.766. The lowest BCUT2D eigenvalue weighted by molar-refractivity contribution is -0.132. The van der Waals surface area contributed by atoms with Crippen LogP contribution in [0.2, 0.25) is 0 Å². The first kappa shape index (κ1) is 15.2. The highest BCUT2D eigenvalue weighted by atomic mass is 16.2. The monoisotopic (exact) mass is 318 g/mol. The summed E-state index contributed by atoms with van der Waals surface area (Å²) in [5.74, 6) is -0.870. The van der Waals surface area contributed by atoms with Crippen molar-refractivity contribution < 1.29 is 14.4 Å². The molecule has 9 nitrogen and oxygen atoms in total. The van der Waals surface area contributed by atoms with Crippen LogP contribution in [0.25, 0.3) is 0 Å². The van der Waals surface area contributed by atoms with Crippen LogP contribution >= 0.6 is 0 Å². The van der Waals surface area contributed by atoms with Crippen molar-refractivity contribution in [1.29, 1.82) is 0 Å². The predicted octanol–water partition coefficient (Wildman–Crippen LogP) is -1.32. The number of amides is 3. The number of anilines is 1. The fraction of sp³-hybridized carbons (Fsp3) is 0.500. The number of carbonyl (C=O) groups is 3. The van der Waals surface area contributed by atoms with Gasteiger partial charge in [-0.3, -0.25) is 25.2 Å². The molecule has 122 valence electrons. The number of hydrogen-bond donors (Lipinski definition) is 2.